The van der Waals surface area contributed by atoms with E-state index in [2.05, 4.69) is 17.1 Å². The Balaban J connectivity index is 3.55. The van der Waals surface area contributed by atoms with Crippen LogP contribution in [0.4, 0.5) is 0 Å². The van der Waals surface area contributed by atoms with E-state index in [0.29, 0.717) is 5.21 Å². The number of aliphatic carboxylic acids is 1. The summed E-state index contributed by atoms with van der Waals surface area (Å²) in [4.78, 5) is 10.1. The van der Waals surface area contributed by atoms with Gasteiger partial charge in [0, 0.05) is 0 Å². The molecule has 0 aliphatic rings. The van der Waals surface area contributed by atoms with E-state index in [1.165, 1.54) is 0 Å². The Labute approximate surface area is 52.3 Å². The third kappa shape index (κ3) is 6.03. The Bertz CT molecular complexity index is 93.1. The first-order chi connectivity index (χ1) is 3.42. The number of carboxylic acid groups (broad SMARTS) is 1. The Morgan fingerprint density at radius 2 is 1.88 bits per heavy atom. The first-order valence-electron chi connectivity index (χ1n) is 2.44. The molecule has 0 rings (SSSR count). The van der Waals surface area contributed by atoms with Crippen LogP contribution in [0.1, 0.15) is 0 Å². The van der Waals surface area contributed by atoms with Gasteiger partial charge >= 0.3 is 51.8 Å². The van der Waals surface area contributed by atoms with Crippen molar-refractivity contribution in [1.82, 2.24) is 0 Å². The normalized spacial score (nSPS) is 11.4. The van der Waals surface area contributed by atoms with Gasteiger partial charge in [-0.25, -0.2) is 0 Å². The molecule has 0 saturated carbocycles. The summed E-state index contributed by atoms with van der Waals surface area (Å²) in [6.45, 7) is 0. The van der Waals surface area contributed by atoms with Crippen molar-refractivity contribution in [3.63, 3.8) is 0 Å². The summed E-state index contributed by atoms with van der Waals surface area (Å²) in [6, 6.07) is 0. The number of rotatable bonds is 2. The molecule has 0 atom stereocenters. The van der Waals surface area contributed by atoms with Crippen LogP contribution in [0.25, 0.3) is 0 Å². The number of hydrogen-bond donors (Lipinski definition) is 1. The van der Waals surface area contributed by atoms with E-state index in [1.54, 1.807) is 0 Å². The van der Waals surface area contributed by atoms with Crippen molar-refractivity contribution < 1.29 is 9.90 Å². The Morgan fingerprint density at radius 3 is 1.88 bits per heavy atom. The van der Waals surface area contributed by atoms with Crippen LogP contribution in [0.3, 0.4) is 0 Å². The van der Waals surface area contributed by atoms with Gasteiger partial charge in [-0.05, 0) is 0 Å². The molecule has 1 N–H and O–H groups in total. The van der Waals surface area contributed by atoms with E-state index in [0.717, 1.165) is 0 Å². The maximum atomic E-state index is 10.1. The zero-order valence-corrected chi connectivity index (χ0v) is 7.39. The molecule has 0 heterocycles. The van der Waals surface area contributed by atoms with Crippen molar-refractivity contribution in [3.8, 4) is 0 Å². The predicted molar refractivity (Wildman–Crippen MR) is 35.8 cm³/mol. The van der Waals surface area contributed by atoms with Gasteiger partial charge in [-0.2, -0.15) is 0 Å². The average molecular weight is 179 g/mol. The zero-order valence-electron chi connectivity index (χ0n) is 5.51. The molecule has 0 aromatic carbocycles. The molecule has 0 amide bonds. The monoisotopic (exact) mass is 179 g/mol. The van der Waals surface area contributed by atoms with Crippen LogP contribution in [-0.4, -0.2) is 24.6 Å². The molecule has 8 heavy (non-hydrogen) atoms. The van der Waals surface area contributed by atoms with Crippen molar-refractivity contribution in [3.05, 3.63) is 0 Å². The summed E-state index contributed by atoms with van der Waals surface area (Å²) in [6.07, 6.45) is 0. The van der Waals surface area contributed by atoms with Crippen LogP contribution in [0.15, 0.2) is 0 Å². The molecule has 0 aliphatic heterocycles. The third-order valence-electron chi connectivity index (χ3n) is 0.610. The van der Waals surface area contributed by atoms with E-state index in [9.17, 15) is 4.79 Å². The van der Waals surface area contributed by atoms with E-state index in [1.807, 2.05) is 0 Å². The fourth-order valence-corrected chi connectivity index (χ4v) is 2.11. The molecule has 0 aromatic heterocycles. The summed E-state index contributed by atoms with van der Waals surface area (Å²) < 4.78 is 0. The van der Waals surface area contributed by atoms with Gasteiger partial charge in [0.15, 0.2) is 0 Å². The van der Waals surface area contributed by atoms with Crippen LogP contribution >= 0.6 is 0 Å². The van der Waals surface area contributed by atoms with Crippen LogP contribution in [0.2, 0.25) is 22.3 Å². The first-order valence-corrected chi connectivity index (χ1v) is 9.40. The van der Waals surface area contributed by atoms with E-state index in [4.69, 9.17) is 5.11 Å². The van der Waals surface area contributed by atoms with Crippen LogP contribution in [0, 0.1) is 0 Å². The molecule has 0 aromatic rings. The van der Waals surface area contributed by atoms with Gasteiger partial charge in [0.2, 0.25) is 0 Å². The predicted octanol–water partition coefficient (Wildman–Crippen LogP) is 1.41. The fourth-order valence-electron chi connectivity index (χ4n) is 0.406. The third-order valence-corrected chi connectivity index (χ3v) is 3.17. The minimum atomic E-state index is -1.61. The van der Waals surface area contributed by atoms with E-state index in [-0.39, 0.29) is 0 Å². The topological polar surface area (TPSA) is 37.3 Å². The standard InChI is InChI=1S/C5H12AsO2/c1-6(2,3)4-5(7)8/h4H2,1-3H3,(H,7,8). The van der Waals surface area contributed by atoms with Crippen molar-refractivity contribution in [1.29, 1.82) is 0 Å². The quantitative estimate of drug-likeness (QED) is 0.650. The molecule has 0 saturated heterocycles. The molecule has 0 aliphatic carbocycles. The average Bonchev–Trinajstić information content (AvgIpc) is 1.21. The van der Waals surface area contributed by atoms with Gasteiger partial charge in [0.05, 0.1) is 0 Å². The number of hydrogen-bond acceptors (Lipinski definition) is 1. The van der Waals surface area contributed by atoms with Gasteiger partial charge in [-0.3, -0.25) is 0 Å². The summed E-state index contributed by atoms with van der Waals surface area (Å²) in [5.41, 5.74) is 6.23. The van der Waals surface area contributed by atoms with Crippen molar-refractivity contribution in [2.24, 2.45) is 0 Å². The number of carboxylic acids is 1. The molecule has 0 spiro atoms. The molecule has 3 heteroatoms. The summed E-state index contributed by atoms with van der Waals surface area (Å²) in [5.74, 6) is -0.648. The summed E-state index contributed by atoms with van der Waals surface area (Å²) >= 11 is -1.61. The summed E-state index contributed by atoms with van der Waals surface area (Å²) in [5, 5.41) is 8.71. The molecule has 0 bridgehead atoms. The van der Waals surface area contributed by atoms with Crippen LogP contribution in [-0.2, 0) is 4.79 Å². The number of carbonyl (C=O) groups is 1. The van der Waals surface area contributed by atoms with Crippen LogP contribution < -0.4 is 0 Å². The van der Waals surface area contributed by atoms with Crippen LogP contribution in [0.5, 0.6) is 0 Å². The second-order valence-electron chi connectivity index (χ2n) is 2.84. The van der Waals surface area contributed by atoms with Gasteiger partial charge in [-0.15, -0.1) is 0 Å². The minimum absolute atomic E-state index is 0.415. The SMILES string of the molecule is C[As](C)(C)CC(=O)O. The maximum absolute atomic E-state index is 10.1. The van der Waals surface area contributed by atoms with Gasteiger partial charge in [-0.1, -0.05) is 0 Å². The molecule has 0 unspecified atom stereocenters. The molecule has 49 valence electrons. The Kier molecular flexibility index (Phi) is 2.55. The zero-order chi connectivity index (χ0) is 6.78. The van der Waals surface area contributed by atoms with Gasteiger partial charge in [0.1, 0.15) is 0 Å². The van der Waals surface area contributed by atoms with E-state index < -0.39 is 19.5 Å². The molecule has 2 nitrogen and oxygen atoms in total. The second kappa shape index (κ2) is 2.54. The van der Waals surface area contributed by atoms with Gasteiger partial charge in [0.25, 0.3) is 0 Å². The Morgan fingerprint density at radius 1 is 1.50 bits per heavy atom. The Hall–Kier alpha value is 0.0284. The fraction of sp³-hybridized carbons (Fsp3) is 0.800. The molecular formula is C5H12AsO2. The molecule has 1 radical (unpaired) electrons. The van der Waals surface area contributed by atoms with Crippen molar-refractivity contribution in [2.75, 3.05) is 0 Å². The summed E-state index contributed by atoms with van der Waals surface area (Å²) in [7, 11) is 0. The first kappa shape index (κ1) is 8.03. The molecule has 0 fully saturated rings. The van der Waals surface area contributed by atoms with Gasteiger partial charge < -0.3 is 0 Å². The van der Waals surface area contributed by atoms with Crippen molar-refractivity contribution >= 4 is 19.5 Å². The van der Waals surface area contributed by atoms with Crippen molar-refractivity contribution in [2.45, 2.75) is 22.3 Å². The second-order valence-corrected chi connectivity index (χ2v) is 13.1. The van der Waals surface area contributed by atoms with E-state index >= 15 is 0 Å². The molecular weight excluding hydrogens is 167 g/mol.